The van der Waals surface area contributed by atoms with Gasteiger partial charge in [0.25, 0.3) is 0 Å². The van der Waals surface area contributed by atoms with Gasteiger partial charge in [0, 0.05) is 37.5 Å². The second-order valence-corrected chi connectivity index (χ2v) is 9.58. The molecular formula is C27H34N4O2. The van der Waals surface area contributed by atoms with Crippen molar-refractivity contribution in [2.24, 2.45) is 5.92 Å². The molecular weight excluding hydrogens is 412 g/mol. The van der Waals surface area contributed by atoms with Gasteiger partial charge in [-0.1, -0.05) is 38.1 Å². The van der Waals surface area contributed by atoms with Crippen LogP contribution in [-0.2, 0) is 17.6 Å². The molecule has 6 nitrogen and oxygen atoms in total. The Hall–Kier alpha value is -2.70. The second-order valence-electron chi connectivity index (χ2n) is 9.58. The Bertz CT molecular complexity index is 1070. The van der Waals surface area contributed by atoms with Gasteiger partial charge in [-0.15, -0.1) is 0 Å². The number of H-pyrrole nitrogens is 1. The molecule has 1 aromatic heterocycles. The van der Waals surface area contributed by atoms with Crippen molar-refractivity contribution in [2.45, 2.75) is 39.0 Å². The first-order valence-electron chi connectivity index (χ1n) is 12.2. The van der Waals surface area contributed by atoms with E-state index in [1.54, 1.807) is 0 Å². The van der Waals surface area contributed by atoms with E-state index in [4.69, 9.17) is 14.5 Å². The lowest BCUT2D eigenvalue weighted by Crippen LogP contribution is -2.38. The average Bonchev–Trinajstić information content (AvgIpc) is 3.46. The van der Waals surface area contributed by atoms with Crippen LogP contribution >= 0.6 is 0 Å². The maximum absolute atomic E-state index is 6.12. The van der Waals surface area contributed by atoms with Crippen LogP contribution in [0.2, 0.25) is 0 Å². The molecule has 6 heteroatoms. The summed E-state index contributed by atoms with van der Waals surface area (Å²) in [7, 11) is 0. The van der Waals surface area contributed by atoms with E-state index >= 15 is 0 Å². The highest BCUT2D eigenvalue weighted by Gasteiger charge is 2.25. The average molecular weight is 447 g/mol. The Kier molecular flexibility index (Phi) is 6.74. The van der Waals surface area contributed by atoms with Crippen molar-refractivity contribution in [1.82, 2.24) is 20.1 Å². The second kappa shape index (κ2) is 10.1. The van der Waals surface area contributed by atoms with Crippen molar-refractivity contribution in [2.75, 3.05) is 39.5 Å². The molecule has 5 rings (SSSR count). The van der Waals surface area contributed by atoms with Crippen LogP contribution in [0.1, 0.15) is 48.7 Å². The number of morpholine rings is 1. The van der Waals surface area contributed by atoms with Gasteiger partial charge in [-0.25, -0.2) is 4.98 Å². The summed E-state index contributed by atoms with van der Waals surface area (Å²) in [6.07, 6.45) is 3.15. The van der Waals surface area contributed by atoms with Crippen LogP contribution in [0.25, 0.3) is 11.4 Å². The lowest BCUT2D eigenvalue weighted by atomic mass is 9.92. The van der Waals surface area contributed by atoms with Crippen LogP contribution in [0, 0.1) is 5.92 Å². The predicted octanol–water partition coefficient (Wildman–Crippen LogP) is 4.46. The van der Waals surface area contributed by atoms with E-state index in [9.17, 15) is 0 Å². The summed E-state index contributed by atoms with van der Waals surface area (Å²) < 4.78 is 11.5. The van der Waals surface area contributed by atoms with Gasteiger partial charge in [0.1, 0.15) is 18.2 Å². The molecule has 0 saturated carbocycles. The van der Waals surface area contributed by atoms with Crippen LogP contribution in [0.4, 0.5) is 0 Å². The first-order valence-corrected chi connectivity index (χ1v) is 12.2. The number of benzene rings is 2. The van der Waals surface area contributed by atoms with Gasteiger partial charge in [-0.3, -0.25) is 10.00 Å². The number of hydrogen-bond donors (Lipinski definition) is 1. The minimum Gasteiger partial charge on any atom is -0.492 e. The lowest BCUT2D eigenvalue weighted by Gasteiger charge is -2.26. The highest BCUT2D eigenvalue weighted by molar-refractivity contribution is 5.60. The molecule has 1 aliphatic carbocycles. The van der Waals surface area contributed by atoms with E-state index < -0.39 is 0 Å². The number of aromatic amines is 1. The molecule has 3 aromatic rings. The third-order valence-corrected chi connectivity index (χ3v) is 6.66. The lowest BCUT2D eigenvalue weighted by molar-refractivity contribution is 0.0322. The molecule has 33 heavy (non-hydrogen) atoms. The van der Waals surface area contributed by atoms with Crippen LogP contribution < -0.4 is 4.74 Å². The highest BCUT2D eigenvalue weighted by Crippen LogP contribution is 2.40. The summed E-state index contributed by atoms with van der Waals surface area (Å²) >= 11 is 0. The molecule has 1 fully saturated rings. The molecule has 1 atom stereocenters. The van der Waals surface area contributed by atoms with Crippen molar-refractivity contribution in [3.63, 3.8) is 0 Å². The van der Waals surface area contributed by atoms with Crippen LogP contribution in [0.3, 0.4) is 0 Å². The van der Waals surface area contributed by atoms with Crippen molar-refractivity contribution >= 4 is 0 Å². The van der Waals surface area contributed by atoms with E-state index in [2.05, 4.69) is 71.4 Å². The van der Waals surface area contributed by atoms with Gasteiger partial charge in [-0.05, 0) is 53.6 Å². The number of ether oxygens (including phenoxy) is 2. The minimum atomic E-state index is 0.386. The summed E-state index contributed by atoms with van der Waals surface area (Å²) in [4.78, 5) is 7.13. The summed E-state index contributed by atoms with van der Waals surface area (Å²) in [5.41, 5.74) is 5.24. The highest BCUT2D eigenvalue weighted by atomic mass is 16.5. The van der Waals surface area contributed by atoms with Crippen molar-refractivity contribution in [3.8, 4) is 17.1 Å². The van der Waals surface area contributed by atoms with E-state index in [1.165, 1.54) is 16.7 Å². The van der Waals surface area contributed by atoms with E-state index in [0.717, 1.165) is 75.1 Å². The maximum atomic E-state index is 6.12. The van der Waals surface area contributed by atoms with Gasteiger partial charge in [-0.2, -0.15) is 5.10 Å². The minimum absolute atomic E-state index is 0.386. The quantitative estimate of drug-likeness (QED) is 0.554. The molecule has 1 aliphatic heterocycles. The van der Waals surface area contributed by atoms with Crippen LogP contribution in [-0.4, -0.2) is 59.5 Å². The Morgan fingerprint density at radius 1 is 1.15 bits per heavy atom. The van der Waals surface area contributed by atoms with Crippen molar-refractivity contribution < 1.29 is 9.47 Å². The van der Waals surface area contributed by atoms with Gasteiger partial charge < -0.3 is 9.47 Å². The molecule has 1 saturated heterocycles. The van der Waals surface area contributed by atoms with Gasteiger partial charge >= 0.3 is 0 Å². The molecule has 2 heterocycles. The molecule has 1 unspecified atom stereocenters. The normalized spacial score (nSPS) is 18.6. The monoisotopic (exact) mass is 446 g/mol. The summed E-state index contributed by atoms with van der Waals surface area (Å²) in [6.45, 7) is 9.68. The molecule has 2 aliphatic rings. The number of aromatic nitrogens is 3. The number of nitrogens with one attached hydrogen (secondary N) is 1. The SMILES string of the molecule is CC(C)Cc1nc(-c2ccc3c(c2)C(c2cccc(OCCN4CCOCC4)c2)CC3)n[nH]1. The topological polar surface area (TPSA) is 63.3 Å². The third kappa shape index (κ3) is 5.28. The number of hydrogen-bond acceptors (Lipinski definition) is 5. The largest absolute Gasteiger partial charge is 0.492 e. The standard InChI is InChI=1S/C27H34N4O2/c1-19(2)16-26-28-27(30-29-26)22-7-6-20-8-9-24(25(20)18-22)21-4-3-5-23(17-21)33-15-12-31-10-13-32-14-11-31/h3-7,17-19,24H,8-16H2,1-2H3,(H,28,29,30). The van der Waals surface area contributed by atoms with E-state index in [-0.39, 0.29) is 0 Å². The van der Waals surface area contributed by atoms with Crippen LogP contribution in [0.15, 0.2) is 42.5 Å². The Morgan fingerprint density at radius 2 is 2.03 bits per heavy atom. The number of nitrogens with zero attached hydrogens (tertiary/aromatic N) is 3. The summed E-state index contributed by atoms with van der Waals surface area (Å²) in [6, 6.07) is 15.4. The Labute approximate surface area is 196 Å². The molecule has 0 amide bonds. The fourth-order valence-electron chi connectivity index (χ4n) is 4.93. The van der Waals surface area contributed by atoms with E-state index in [1.807, 2.05) is 0 Å². The van der Waals surface area contributed by atoms with Gasteiger partial charge in [0.15, 0.2) is 5.82 Å². The first-order chi connectivity index (χ1) is 16.2. The number of rotatable bonds is 8. The van der Waals surface area contributed by atoms with E-state index in [0.29, 0.717) is 18.4 Å². The molecule has 0 radical (unpaired) electrons. The van der Waals surface area contributed by atoms with Gasteiger partial charge in [0.2, 0.25) is 0 Å². The van der Waals surface area contributed by atoms with Crippen molar-refractivity contribution in [1.29, 1.82) is 0 Å². The molecule has 0 bridgehead atoms. The fraction of sp³-hybridized carbons (Fsp3) is 0.481. The predicted molar refractivity (Wildman–Crippen MR) is 130 cm³/mol. The summed E-state index contributed by atoms with van der Waals surface area (Å²) in [5.74, 6) is 3.64. The number of fused-ring (bicyclic) bond motifs is 1. The molecule has 2 aromatic carbocycles. The zero-order chi connectivity index (χ0) is 22.6. The zero-order valence-electron chi connectivity index (χ0n) is 19.7. The van der Waals surface area contributed by atoms with Crippen molar-refractivity contribution in [3.05, 3.63) is 65.0 Å². The first kappa shape index (κ1) is 22.1. The molecule has 1 N–H and O–H groups in total. The number of aryl methyl sites for hydroxylation is 1. The fourth-order valence-corrected chi connectivity index (χ4v) is 4.93. The smallest absolute Gasteiger partial charge is 0.181 e. The molecule has 174 valence electrons. The Morgan fingerprint density at radius 3 is 2.88 bits per heavy atom. The van der Waals surface area contributed by atoms with Crippen LogP contribution in [0.5, 0.6) is 5.75 Å². The Balaban J connectivity index is 1.29. The third-order valence-electron chi connectivity index (χ3n) is 6.66. The van der Waals surface area contributed by atoms with Gasteiger partial charge in [0.05, 0.1) is 13.2 Å². The maximum Gasteiger partial charge on any atom is 0.181 e. The summed E-state index contributed by atoms with van der Waals surface area (Å²) in [5, 5.41) is 7.59. The molecule has 0 spiro atoms. The zero-order valence-corrected chi connectivity index (χ0v) is 19.7.